The van der Waals surface area contributed by atoms with E-state index in [1.165, 1.54) is 26.6 Å². The molecule has 258 valence electrons. The number of benzene rings is 4. The Morgan fingerprint density at radius 3 is 1.58 bits per heavy atom. The van der Waals surface area contributed by atoms with Gasteiger partial charge in [-0.1, -0.05) is 36.4 Å². The summed E-state index contributed by atoms with van der Waals surface area (Å²) in [5.41, 5.74) is 4.36. The fourth-order valence-electron chi connectivity index (χ4n) is 5.07. The number of rotatable bonds is 16. The van der Waals surface area contributed by atoms with E-state index in [-0.39, 0.29) is 28.8 Å². The van der Waals surface area contributed by atoms with Crippen molar-refractivity contribution in [3.63, 3.8) is 0 Å². The van der Waals surface area contributed by atoms with Crippen LogP contribution in [-0.4, -0.2) is 82.5 Å². The minimum absolute atomic E-state index is 0.0768. The van der Waals surface area contributed by atoms with E-state index in [4.69, 9.17) is 28.4 Å². The number of aromatic hydroxyl groups is 2. The highest BCUT2D eigenvalue weighted by Gasteiger charge is 2.16. The van der Waals surface area contributed by atoms with Gasteiger partial charge in [-0.3, -0.25) is 4.99 Å². The minimum Gasteiger partial charge on any atom is -0.504 e. The molecule has 0 aliphatic rings. The minimum atomic E-state index is -0.0842. The van der Waals surface area contributed by atoms with E-state index in [9.17, 15) is 10.2 Å². The third-order valence-corrected chi connectivity index (χ3v) is 7.57. The highest BCUT2D eigenvalue weighted by Crippen LogP contribution is 2.40. The summed E-state index contributed by atoms with van der Waals surface area (Å²) in [6.07, 6.45) is 4.62. The monoisotopic (exact) mass is 677 g/mol. The highest BCUT2D eigenvalue weighted by atomic mass is 16.5. The zero-order valence-corrected chi connectivity index (χ0v) is 28.3. The van der Waals surface area contributed by atoms with Crippen LogP contribution < -0.4 is 18.9 Å². The number of methoxy groups -OCH3 is 4. The van der Waals surface area contributed by atoms with Gasteiger partial charge in [0.25, 0.3) is 0 Å². The molecule has 0 saturated carbocycles. The number of aromatic nitrogens is 1. The van der Waals surface area contributed by atoms with Gasteiger partial charge in [0.05, 0.1) is 27.4 Å². The van der Waals surface area contributed by atoms with Gasteiger partial charge in [-0.2, -0.15) is 0 Å². The van der Waals surface area contributed by atoms with Crippen LogP contribution in [0, 0.1) is 0 Å². The van der Waals surface area contributed by atoms with Crippen LogP contribution in [0.5, 0.6) is 34.5 Å². The lowest BCUT2D eigenvalue weighted by molar-refractivity contribution is 0.146. The van der Waals surface area contributed by atoms with Gasteiger partial charge in [-0.15, -0.1) is 0 Å². The molecule has 0 aliphatic carbocycles. The summed E-state index contributed by atoms with van der Waals surface area (Å²) in [6.45, 7) is 1.65. The highest BCUT2D eigenvalue weighted by molar-refractivity contribution is 5.93. The van der Waals surface area contributed by atoms with Gasteiger partial charge in [0.15, 0.2) is 28.8 Å². The summed E-state index contributed by atoms with van der Waals surface area (Å²) in [6, 6.07) is 25.7. The lowest BCUT2D eigenvalue weighted by Crippen LogP contribution is -2.05. The summed E-state index contributed by atoms with van der Waals surface area (Å²) < 4.78 is 33.1. The molecule has 0 aliphatic heterocycles. The Morgan fingerprint density at radius 2 is 1.08 bits per heavy atom. The molecule has 4 aromatic carbocycles. The lowest BCUT2D eigenvalue weighted by atomic mass is 10.0. The van der Waals surface area contributed by atoms with Gasteiger partial charge in [0.1, 0.15) is 30.4 Å². The van der Waals surface area contributed by atoms with Gasteiger partial charge < -0.3 is 38.6 Å². The third kappa shape index (κ3) is 8.56. The number of hydrogen-bond donors (Lipinski definition) is 2. The normalized spacial score (nSPS) is 11.3. The van der Waals surface area contributed by atoms with Crippen LogP contribution in [0.2, 0.25) is 0 Å². The number of para-hydroxylation sites is 2. The molecule has 2 N–H and O–H groups in total. The van der Waals surface area contributed by atoms with Gasteiger partial charge in [0, 0.05) is 55.1 Å². The molecular weight excluding hydrogens is 638 g/mol. The summed E-state index contributed by atoms with van der Waals surface area (Å²) in [5, 5.41) is 22.0. The van der Waals surface area contributed by atoms with Crippen molar-refractivity contribution in [3.8, 4) is 56.8 Å². The summed E-state index contributed by atoms with van der Waals surface area (Å²) in [4.78, 5) is 13.6. The molecule has 0 spiro atoms. The maximum absolute atomic E-state index is 11.0. The van der Waals surface area contributed by atoms with Gasteiger partial charge in [-0.25, -0.2) is 9.98 Å². The van der Waals surface area contributed by atoms with E-state index in [1.54, 1.807) is 56.8 Å². The quantitative estimate of drug-likeness (QED) is 0.0810. The maximum Gasteiger partial charge on any atom is 0.178 e. The molecule has 0 saturated heterocycles. The third-order valence-electron chi connectivity index (χ3n) is 7.57. The van der Waals surface area contributed by atoms with Crippen LogP contribution in [0.1, 0.15) is 11.1 Å². The zero-order valence-electron chi connectivity index (χ0n) is 28.3. The molecule has 1 aromatic heterocycles. The molecule has 0 fully saturated rings. The number of ether oxygens (including phenoxy) is 6. The van der Waals surface area contributed by atoms with Crippen LogP contribution in [0.25, 0.3) is 22.3 Å². The topological polar surface area (TPSA) is 133 Å². The predicted molar refractivity (Wildman–Crippen MR) is 194 cm³/mol. The summed E-state index contributed by atoms with van der Waals surface area (Å²) >= 11 is 0. The SMILES string of the molecule is COCCOc1ccccc1-c1cc(C=Nc2cccnc2/N=C/c2cc(-c3ccccc3OCCOC)cc(OC)c2O)c(O)c(OC)c1. The number of phenolic OH excluding ortho intramolecular Hbond substituents is 2. The average molecular weight is 678 g/mol. The van der Waals surface area contributed by atoms with Crippen LogP contribution in [0.3, 0.4) is 0 Å². The first-order valence-electron chi connectivity index (χ1n) is 15.7. The summed E-state index contributed by atoms with van der Waals surface area (Å²) in [7, 11) is 6.21. The second-order valence-electron chi connectivity index (χ2n) is 10.8. The van der Waals surface area contributed by atoms with Crippen molar-refractivity contribution in [1.82, 2.24) is 4.98 Å². The Kier molecular flexibility index (Phi) is 12.4. The number of hydrogen-bond acceptors (Lipinski definition) is 11. The molecule has 50 heavy (non-hydrogen) atoms. The Morgan fingerprint density at radius 1 is 0.580 bits per heavy atom. The van der Waals surface area contributed by atoms with Crippen molar-refractivity contribution in [3.05, 3.63) is 102 Å². The van der Waals surface area contributed by atoms with Crippen LogP contribution >= 0.6 is 0 Å². The largest absolute Gasteiger partial charge is 0.504 e. The standard InChI is InChI=1S/C39H39N3O8/c1-45-16-18-49-33-13-7-5-10-30(33)26-20-28(37(43)35(22-26)47-3)24-41-32-12-9-15-40-39(32)42-25-29-21-27(23-36(48-4)38(29)44)31-11-6-8-14-34(31)50-19-17-46-2/h5-15,20-25,43-44H,16-19H2,1-4H3/b41-24?,42-25+. The zero-order chi connectivity index (χ0) is 35.3. The van der Waals surface area contributed by atoms with Crippen molar-refractivity contribution in [2.75, 3.05) is 54.9 Å². The van der Waals surface area contributed by atoms with E-state index in [0.29, 0.717) is 54.7 Å². The molecular formula is C39H39N3O8. The first-order valence-corrected chi connectivity index (χ1v) is 15.7. The molecule has 0 bridgehead atoms. The average Bonchev–Trinajstić information content (AvgIpc) is 3.15. The molecule has 11 heteroatoms. The molecule has 5 rings (SSSR count). The Balaban J connectivity index is 1.47. The van der Waals surface area contributed by atoms with Crippen molar-refractivity contribution in [1.29, 1.82) is 0 Å². The second-order valence-corrected chi connectivity index (χ2v) is 10.8. The van der Waals surface area contributed by atoms with Crippen molar-refractivity contribution >= 4 is 23.9 Å². The smallest absolute Gasteiger partial charge is 0.178 e. The Labute approximate surface area is 291 Å². The number of nitrogens with zero attached hydrogens (tertiary/aromatic N) is 3. The number of pyridine rings is 1. The van der Waals surface area contributed by atoms with Crippen molar-refractivity contribution in [2.24, 2.45) is 9.98 Å². The van der Waals surface area contributed by atoms with E-state index in [0.717, 1.165) is 22.3 Å². The first-order chi connectivity index (χ1) is 24.5. The van der Waals surface area contributed by atoms with Gasteiger partial charge >= 0.3 is 0 Å². The van der Waals surface area contributed by atoms with E-state index in [1.807, 2.05) is 48.5 Å². The van der Waals surface area contributed by atoms with Gasteiger partial charge in [-0.05, 0) is 59.7 Å². The van der Waals surface area contributed by atoms with E-state index >= 15 is 0 Å². The number of phenols is 2. The van der Waals surface area contributed by atoms with Crippen LogP contribution in [0.15, 0.2) is 101 Å². The van der Waals surface area contributed by atoms with Crippen LogP contribution in [-0.2, 0) is 9.47 Å². The predicted octanol–water partition coefficient (Wildman–Crippen LogP) is 7.40. The second kappa shape index (κ2) is 17.5. The molecule has 0 atom stereocenters. The molecule has 11 nitrogen and oxygen atoms in total. The summed E-state index contributed by atoms with van der Waals surface area (Å²) in [5.74, 6) is 1.99. The number of aliphatic imine (C=N–C) groups is 2. The van der Waals surface area contributed by atoms with Crippen molar-refractivity contribution < 1.29 is 38.6 Å². The first kappa shape index (κ1) is 35.4. The molecule has 0 radical (unpaired) electrons. The lowest BCUT2D eigenvalue weighted by Gasteiger charge is -2.14. The Bertz CT molecular complexity index is 1820. The molecule has 0 amide bonds. The van der Waals surface area contributed by atoms with E-state index in [2.05, 4.69) is 15.0 Å². The fraction of sp³-hybridized carbons (Fsp3) is 0.205. The molecule has 1 heterocycles. The maximum atomic E-state index is 11.0. The Hall–Kier alpha value is -5.91. The fourth-order valence-corrected chi connectivity index (χ4v) is 5.07. The van der Waals surface area contributed by atoms with E-state index < -0.39 is 0 Å². The molecule has 5 aromatic rings. The van der Waals surface area contributed by atoms with Crippen LogP contribution in [0.4, 0.5) is 11.5 Å². The molecule has 0 unspecified atom stereocenters. The van der Waals surface area contributed by atoms with Crippen molar-refractivity contribution in [2.45, 2.75) is 0 Å². The van der Waals surface area contributed by atoms with Gasteiger partial charge in [0.2, 0.25) is 0 Å².